The Labute approximate surface area is 110 Å². The molecule has 0 heterocycles. The summed E-state index contributed by atoms with van der Waals surface area (Å²) in [6, 6.07) is 0. The molecule has 0 spiro atoms. The molecule has 0 radical (unpaired) electrons. The Balaban J connectivity index is -0.000000320. The molecule has 0 aliphatic rings. The molecule has 0 aliphatic carbocycles. The fourth-order valence-electron chi connectivity index (χ4n) is 0.220. The molecule has 5 nitrogen and oxygen atoms in total. The standard InChI is InChI=1S/C3H9O5P.2Na.2H/c4-1-3(5)2-8-9(6)7;;;;/h3-5,9H,1-2H2,(H,6,7);;;;. The molecule has 8 heteroatoms. The average Bonchev–Trinajstić information content (AvgIpc) is 1.83. The monoisotopic (exact) mass is 204 g/mol. The molecule has 11 heavy (non-hydrogen) atoms. The summed E-state index contributed by atoms with van der Waals surface area (Å²) in [7, 11) is -2.96. The quantitative estimate of drug-likeness (QED) is 0.346. The predicted octanol–water partition coefficient (Wildman–Crippen LogP) is -2.56. The van der Waals surface area contributed by atoms with Gasteiger partial charge in [-0.15, -0.1) is 0 Å². The fraction of sp³-hybridized carbons (Fsp3) is 1.00. The summed E-state index contributed by atoms with van der Waals surface area (Å²) in [5, 5.41) is 16.6. The Morgan fingerprint density at radius 3 is 2.18 bits per heavy atom. The van der Waals surface area contributed by atoms with Crippen LogP contribution in [-0.2, 0) is 9.09 Å². The molecule has 0 aromatic carbocycles. The van der Waals surface area contributed by atoms with Crippen molar-refractivity contribution < 1.29 is 24.2 Å². The van der Waals surface area contributed by atoms with Gasteiger partial charge in [0.05, 0.1) is 13.2 Å². The van der Waals surface area contributed by atoms with E-state index in [-0.39, 0.29) is 65.7 Å². The van der Waals surface area contributed by atoms with E-state index in [9.17, 15) is 4.57 Å². The Kier molecular flexibility index (Phi) is 20.6. The zero-order valence-electron chi connectivity index (χ0n) is 4.65. The van der Waals surface area contributed by atoms with Gasteiger partial charge in [-0.2, -0.15) is 0 Å². The summed E-state index contributed by atoms with van der Waals surface area (Å²) in [5.74, 6) is 0. The van der Waals surface area contributed by atoms with Crippen molar-refractivity contribution in [3.8, 4) is 0 Å². The fourth-order valence-corrected chi connectivity index (χ4v) is 0.555. The van der Waals surface area contributed by atoms with Crippen LogP contribution in [-0.4, -0.2) is 93.5 Å². The van der Waals surface area contributed by atoms with Crippen LogP contribution < -0.4 is 0 Å². The number of aliphatic hydroxyl groups excluding tert-OH is 2. The Morgan fingerprint density at radius 1 is 1.45 bits per heavy atom. The molecule has 0 fully saturated rings. The van der Waals surface area contributed by atoms with Crippen molar-refractivity contribution in [1.82, 2.24) is 0 Å². The third-order valence-electron chi connectivity index (χ3n) is 0.610. The van der Waals surface area contributed by atoms with Crippen LogP contribution in [0.25, 0.3) is 0 Å². The molecule has 0 saturated heterocycles. The van der Waals surface area contributed by atoms with E-state index in [2.05, 4.69) is 4.52 Å². The zero-order valence-corrected chi connectivity index (χ0v) is 5.65. The van der Waals surface area contributed by atoms with Gasteiger partial charge in [-0.3, -0.25) is 4.57 Å². The number of hydrogen-bond acceptors (Lipinski definition) is 4. The third-order valence-corrected chi connectivity index (χ3v) is 1.02. The molecule has 2 atom stereocenters. The molecule has 0 amide bonds. The van der Waals surface area contributed by atoms with Crippen molar-refractivity contribution in [1.29, 1.82) is 0 Å². The van der Waals surface area contributed by atoms with Crippen LogP contribution >= 0.6 is 8.25 Å². The van der Waals surface area contributed by atoms with Crippen molar-refractivity contribution in [3.63, 3.8) is 0 Å². The number of aliphatic hydroxyl groups is 2. The summed E-state index contributed by atoms with van der Waals surface area (Å²) in [6.45, 7) is -0.764. The van der Waals surface area contributed by atoms with Crippen molar-refractivity contribution >= 4 is 67.4 Å². The first kappa shape index (κ1) is 18.8. The Hall–Kier alpha value is 2.07. The minimum absolute atomic E-state index is 0. The van der Waals surface area contributed by atoms with E-state index in [1.54, 1.807) is 0 Å². The summed E-state index contributed by atoms with van der Waals surface area (Å²) >= 11 is 0. The van der Waals surface area contributed by atoms with E-state index in [4.69, 9.17) is 15.1 Å². The molecule has 0 aromatic heterocycles. The second-order valence-corrected chi connectivity index (χ2v) is 2.23. The molecule has 2 unspecified atom stereocenters. The van der Waals surface area contributed by atoms with E-state index in [0.29, 0.717) is 0 Å². The minimum atomic E-state index is -2.96. The average molecular weight is 204 g/mol. The van der Waals surface area contributed by atoms with E-state index in [1.165, 1.54) is 0 Å². The van der Waals surface area contributed by atoms with E-state index < -0.39 is 21.0 Å². The zero-order chi connectivity index (χ0) is 7.28. The van der Waals surface area contributed by atoms with Gasteiger partial charge < -0.3 is 19.6 Å². The predicted molar refractivity (Wildman–Crippen MR) is 44.6 cm³/mol. The van der Waals surface area contributed by atoms with Gasteiger partial charge in [-0.1, -0.05) is 0 Å². The van der Waals surface area contributed by atoms with Gasteiger partial charge in [0, 0.05) is 0 Å². The molecule has 0 saturated carbocycles. The van der Waals surface area contributed by atoms with Crippen LogP contribution in [0.1, 0.15) is 0 Å². The van der Waals surface area contributed by atoms with Crippen LogP contribution in [0.4, 0.5) is 0 Å². The van der Waals surface area contributed by atoms with Crippen LogP contribution in [0.2, 0.25) is 0 Å². The maximum atomic E-state index is 9.79. The van der Waals surface area contributed by atoms with Crippen molar-refractivity contribution in [3.05, 3.63) is 0 Å². The van der Waals surface area contributed by atoms with Gasteiger partial charge >= 0.3 is 67.4 Å². The number of hydrogen-bond donors (Lipinski definition) is 3. The van der Waals surface area contributed by atoms with E-state index in [1.807, 2.05) is 0 Å². The topological polar surface area (TPSA) is 87.0 Å². The van der Waals surface area contributed by atoms with Gasteiger partial charge in [0.1, 0.15) is 6.10 Å². The van der Waals surface area contributed by atoms with Crippen LogP contribution in [0.3, 0.4) is 0 Å². The van der Waals surface area contributed by atoms with Crippen molar-refractivity contribution in [2.75, 3.05) is 13.2 Å². The Bertz CT molecular complexity index is 102. The summed E-state index contributed by atoms with van der Waals surface area (Å²) in [5.41, 5.74) is 0. The molecule has 0 aromatic rings. The summed E-state index contributed by atoms with van der Waals surface area (Å²) in [4.78, 5) is 8.03. The summed E-state index contributed by atoms with van der Waals surface area (Å²) < 4.78 is 13.9. The van der Waals surface area contributed by atoms with Gasteiger partial charge in [0.25, 0.3) is 0 Å². The first-order chi connectivity index (χ1) is 4.16. The van der Waals surface area contributed by atoms with Crippen molar-refractivity contribution in [2.45, 2.75) is 6.10 Å². The molecule has 3 N–H and O–H groups in total. The van der Waals surface area contributed by atoms with E-state index >= 15 is 0 Å². The van der Waals surface area contributed by atoms with Gasteiger partial charge in [0.2, 0.25) is 0 Å². The van der Waals surface area contributed by atoms with Crippen LogP contribution in [0.15, 0.2) is 0 Å². The van der Waals surface area contributed by atoms with Crippen molar-refractivity contribution in [2.24, 2.45) is 0 Å². The SMILES string of the molecule is O=[PH](O)OCC(O)CO.[NaH].[NaH]. The summed E-state index contributed by atoms with van der Waals surface area (Å²) in [6.07, 6.45) is -1.06. The maximum absolute atomic E-state index is 9.79. The second kappa shape index (κ2) is 12.1. The molecular formula is C3H11Na2O5P. The molecule has 0 aliphatic heterocycles. The van der Waals surface area contributed by atoms with Crippen LogP contribution in [0, 0.1) is 0 Å². The number of rotatable bonds is 4. The normalized spacial score (nSPS) is 14.1. The third kappa shape index (κ3) is 14.9. The van der Waals surface area contributed by atoms with Gasteiger partial charge in [-0.05, 0) is 0 Å². The molecular weight excluding hydrogens is 193 g/mol. The van der Waals surface area contributed by atoms with Gasteiger partial charge in [0.15, 0.2) is 0 Å². The molecule has 0 rings (SSSR count). The van der Waals surface area contributed by atoms with E-state index in [0.717, 1.165) is 0 Å². The van der Waals surface area contributed by atoms with Crippen LogP contribution in [0.5, 0.6) is 0 Å². The second-order valence-electron chi connectivity index (χ2n) is 1.41. The molecule has 60 valence electrons. The Morgan fingerprint density at radius 2 is 1.91 bits per heavy atom. The first-order valence-electron chi connectivity index (χ1n) is 2.31. The first-order valence-corrected chi connectivity index (χ1v) is 3.58. The molecule has 0 bridgehead atoms. The van der Waals surface area contributed by atoms with Gasteiger partial charge in [-0.25, -0.2) is 0 Å².